The van der Waals surface area contributed by atoms with Crippen molar-refractivity contribution in [1.82, 2.24) is 4.57 Å². The number of fused-ring (bicyclic) bond motifs is 1. The molecule has 8 nitrogen and oxygen atoms in total. The first kappa shape index (κ1) is 24.0. The first-order chi connectivity index (χ1) is 16.1. The van der Waals surface area contributed by atoms with Gasteiger partial charge in [0, 0.05) is 30.4 Å². The molecule has 8 heteroatoms. The zero-order valence-corrected chi connectivity index (χ0v) is 20.3. The van der Waals surface area contributed by atoms with E-state index in [4.69, 9.17) is 20.2 Å². The lowest BCUT2D eigenvalue weighted by atomic mass is 9.70. The molecule has 1 saturated carbocycles. The summed E-state index contributed by atoms with van der Waals surface area (Å²) in [6.45, 7) is 7.81. The smallest absolute Gasteiger partial charge is 0.341 e. The Hall–Kier alpha value is -3.13. The summed E-state index contributed by atoms with van der Waals surface area (Å²) in [6.07, 6.45) is 4.72. The molecule has 0 saturated heterocycles. The van der Waals surface area contributed by atoms with Crippen LogP contribution in [0.15, 0.2) is 40.2 Å². The molecule has 4 rings (SSSR count). The molecule has 34 heavy (non-hydrogen) atoms. The summed E-state index contributed by atoms with van der Waals surface area (Å²) in [5, 5.41) is 9.52. The van der Waals surface area contributed by atoms with Gasteiger partial charge in [0.05, 0.1) is 42.9 Å². The molecule has 1 aliphatic carbocycles. The largest absolute Gasteiger partial charge is 0.491 e. The zero-order valence-electron chi connectivity index (χ0n) is 20.3. The summed E-state index contributed by atoms with van der Waals surface area (Å²) in [5.74, 6) is -0.676. The number of nitrogens with zero attached hydrogens (tertiary/aromatic N) is 2. The van der Waals surface area contributed by atoms with Gasteiger partial charge in [-0.2, -0.15) is 0 Å². The molecule has 2 heterocycles. The van der Waals surface area contributed by atoms with E-state index in [9.17, 15) is 14.7 Å². The number of hydrogen-bond acceptors (Lipinski definition) is 6. The highest BCUT2D eigenvalue weighted by Crippen LogP contribution is 2.42. The Morgan fingerprint density at radius 3 is 2.62 bits per heavy atom. The predicted molar refractivity (Wildman–Crippen MR) is 131 cm³/mol. The van der Waals surface area contributed by atoms with Crippen molar-refractivity contribution in [2.24, 2.45) is 15.8 Å². The molecule has 1 aromatic carbocycles. The first-order valence-corrected chi connectivity index (χ1v) is 11.6. The number of hydrogen-bond donors (Lipinski definition) is 2. The average Bonchev–Trinajstić information content (AvgIpc) is 2.74. The molecule has 1 unspecified atom stereocenters. The fourth-order valence-corrected chi connectivity index (χ4v) is 4.84. The van der Waals surface area contributed by atoms with Gasteiger partial charge in [0.2, 0.25) is 0 Å². The monoisotopic (exact) mass is 467 g/mol. The van der Waals surface area contributed by atoms with Crippen molar-refractivity contribution in [3.8, 4) is 5.75 Å². The Balaban J connectivity index is 1.74. The number of nitrogen functional groups attached to an aromatic ring is 1. The van der Waals surface area contributed by atoms with Crippen LogP contribution in [0.1, 0.15) is 67.7 Å². The predicted octanol–water partition coefficient (Wildman–Crippen LogP) is 3.76. The van der Waals surface area contributed by atoms with Crippen LogP contribution in [0.4, 0.5) is 5.69 Å². The zero-order chi connectivity index (χ0) is 24.7. The van der Waals surface area contributed by atoms with Crippen LogP contribution in [0, 0.1) is 10.8 Å². The molecular weight excluding hydrogens is 434 g/mol. The van der Waals surface area contributed by atoms with E-state index in [2.05, 4.69) is 20.8 Å². The Kier molecular flexibility index (Phi) is 6.29. The number of pyridine rings is 1. The lowest BCUT2D eigenvalue weighted by Gasteiger charge is -2.40. The van der Waals surface area contributed by atoms with Gasteiger partial charge in [-0.05, 0) is 24.3 Å². The van der Waals surface area contributed by atoms with Crippen molar-refractivity contribution >= 4 is 17.4 Å². The van der Waals surface area contributed by atoms with Crippen LogP contribution >= 0.6 is 0 Å². The van der Waals surface area contributed by atoms with Gasteiger partial charge in [-0.1, -0.05) is 39.3 Å². The summed E-state index contributed by atoms with van der Waals surface area (Å²) in [6, 6.07) is 6.79. The number of ether oxygens (including phenoxy) is 2. The van der Waals surface area contributed by atoms with Crippen LogP contribution < -0.4 is 15.9 Å². The maximum Gasteiger partial charge on any atom is 0.341 e. The van der Waals surface area contributed by atoms with Crippen LogP contribution in [0.2, 0.25) is 0 Å². The molecule has 0 bridgehead atoms. The molecule has 1 atom stereocenters. The highest BCUT2D eigenvalue weighted by Gasteiger charge is 2.38. The Bertz CT molecular complexity index is 1190. The van der Waals surface area contributed by atoms with Crippen LogP contribution in [-0.4, -0.2) is 48.2 Å². The van der Waals surface area contributed by atoms with E-state index < -0.39 is 11.4 Å². The molecule has 2 aromatic rings. The highest BCUT2D eigenvalue weighted by molar-refractivity contribution is 6.15. The van der Waals surface area contributed by atoms with E-state index in [0.29, 0.717) is 48.2 Å². The number of aromatic carboxylic acids is 1. The molecule has 0 radical (unpaired) electrons. The minimum absolute atomic E-state index is 0.0205. The van der Waals surface area contributed by atoms with Gasteiger partial charge in [0.25, 0.3) is 0 Å². The Labute approximate surface area is 199 Å². The number of nitrogens with two attached hydrogens (primary N) is 1. The van der Waals surface area contributed by atoms with Crippen molar-refractivity contribution in [2.75, 3.05) is 32.6 Å². The van der Waals surface area contributed by atoms with Crippen molar-refractivity contribution in [2.45, 2.75) is 46.1 Å². The number of aliphatic imine (C=N–C) groups is 1. The molecule has 1 fully saturated rings. The van der Waals surface area contributed by atoms with Gasteiger partial charge < -0.3 is 24.9 Å². The molecule has 1 aromatic heterocycles. The van der Waals surface area contributed by atoms with Crippen molar-refractivity contribution in [3.63, 3.8) is 0 Å². The molecule has 0 amide bonds. The van der Waals surface area contributed by atoms with Crippen LogP contribution in [0.3, 0.4) is 0 Å². The molecule has 1 aliphatic heterocycles. The quantitative estimate of drug-likeness (QED) is 0.599. The van der Waals surface area contributed by atoms with E-state index >= 15 is 0 Å². The van der Waals surface area contributed by atoms with Gasteiger partial charge in [-0.3, -0.25) is 9.79 Å². The second-order valence-corrected chi connectivity index (χ2v) is 10.5. The molecule has 0 spiro atoms. The number of benzene rings is 1. The minimum atomic E-state index is -1.24. The van der Waals surface area contributed by atoms with E-state index in [1.807, 2.05) is 22.8 Å². The number of carboxylic acid groups (broad SMARTS) is 1. The summed E-state index contributed by atoms with van der Waals surface area (Å²) >= 11 is 0. The van der Waals surface area contributed by atoms with Crippen molar-refractivity contribution in [1.29, 1.82) is 0 Å². The molecule has 2 aliphatic rings. The van der Waals surface area contributed by atoms with Crippen molar-refractivity contribution < 1.29 is 19.4 Å². The van der Waals surface area contributed by atoms with E-state index in [0.717, 1.165) is 19.3 Å². The normalized spacial score (nSPS) is 19.1. The highest BCUT2D eigenvalue weighted by atomic mass is 16.5. The fourth-order valence-electron chi connectivity index (χ4n) is 4.84. The van der Waals surface area contributed by atoms with Crippen molar-refractivity contribution in [3.05, 3.63) is 57.5 Å². The summed E-state index contributed by atoms with van der Waals surface area (Å²) < 4.78 is 13.4. The number of para-hydroxylation sites is 1. The number of carboxylic acids is 1. The number of rotatable bonds is 7. The van der Waals surface area contributed by atoms with Gasteiger partial charge in [-0.25, -0.2) is 4.79 Å². The molecule has 182 valence electrons. The van der Waals surface area contributed by atoms with Gasteiger partial charge in [0.15, 0.2) is 5.43 Å². The standard InChI is InChI=1S/C26H33N3O5/c1-25(2,3)21-12-28-23(18-11-19(30)17(24(31)32)13-29(18)21)16-7-5-8-20(22(16)27)34-15-26(14-33-4)9-6-10-26/h5,7-8,11,13,21H,6,9-10,12,14-15,27H2,1-4H3,(H,31,32). The van der Waals surface area contributed by atoms with Crippen LogP contribution in [-0.2, 0) is 4.74 Å². The third-order valence-electron chi connectivity index (χ3n) is 7.03. The lowest BCUT2D eigenvalue weighted by Crippen LogP contribution is -2.39. The number of carbonyl (C=O) groups is 1. The topological polar surface area (TPSA) is 116 Å². The third-order valence-corrected chi connectivity index (χ3v) is 7.03. The maximum atomic E-state index is 12.6. The van der Waals surface area contributed by atoms with E-state index in [1.54, 1.807) is 7.11 Å². The SMILES string of the molecule is COCC1(COc2cccc(C3=NCC(C(C)(C)C)n4cc(C(=O)O)c(=O)cc43)c2N)CCC1. The Morgan fingerprint density at radius 2 is 2.03 bits per heavy atom. The number of aromatic nitrogens is 1. The number of anilines is 1. The van der Waals surface area contributed by atoms with Gasteiger partial charge >= 0.3 is 5.97 Å². The van der Waals surface area contributed by atoms with Gasteiger partial charge in [-0.15, -0.1) is 0 Å². The average molecular weight is 468 g/mol. The number of methoxy groups -OCH3 is 1. The second kappa shape index (κ2) is 8.91. The third kappa shape index (κ3) is 4.34. The van der Waals surface area contributed by atoms with Gasteiger partial charge in [0.1, 0.15) is 11.3 Å². The van der Waals surface area contributed by atoms with E-state index in [-0.39, 0.29) is 22.4 Å². The van der Waals surface area contributed by atoms with Crippen LogP contribution in [0.25, 0.3) is 0 Å². The maximum absolute atomic E-state index is 12.6. The summed E-state index contributed by atoms with van der Waals surface area (Å²) in [4.78, 5) is 29.1. The minimum Gasteiger partial charge on any atom is -0.491 e. The fraction of sp³-hybridized carbons (Fsp3) is 0.500. The lowest BCUT2D eigenvalue weighted by molar-refractivity contribution is -0.0184. The summed E-state index contributed by atoms with van der Waals surface area (Å²) in [5.41, 5.74) is 7.78. The second-order valence-electron chi connectivity index (χ2n) is 10.5. The Morgan fingerprint density at radius 1 is 1.29 bits per heavy atom. The first-order valence-electron chi connectivity index (χ1n) is 11.6. The molecule has 3 N–H and O–H groups in total. The van der Waals surface area contributed by atoms with E-state index in [1.165, 1.54) is 12.3 Å². The molecular formula is C26H33N3O5. The summed E-state index contributed by atoms with van der Waals surface area (Å²) in [7, 11) is 1.70. The van der Waals surface area contributed by atoms with Crippen LogP contribution in [0.5, 0.6) is 5.75 Å².